The number of aromatic hydroxyl groups is 1. The largest absolute Gasteiger partial charge is 0.505 e. The molecule has 1 rings (SSSR count). The third-order valence-electron chi connectivity index (χ3n) is 2.31. The number of aliphatic carboxylic acids is 1. The molecule has 5 heteroatoms. The Morgan fingerprint density at radius 1 is 1.50 bits per heavy atom. The van der Waals surface area contributed by atoms with E-state index in [0.29, 0.717) is 5.03 Å². The third kappa shape index (κ3) is 4.79. The quantitative estimate of drug-likeness (QED) is 0.450. The number of thioether (sulfide) groups is 1. The molecular formula is C13H17NO3S. The van der Waals surface area contributed by atoms with Gasteiger partial charge in [0, 0.05) is 6.20 Å². The highest BCUT2D eigenvalue weighted by atomic mass is 32.2. The summed E-state index contributed by atoms with van der Waals surface area (Å²) in [6, 6.07) is 3.09. The van der Waals surface area contributed by atoms with E-state index in [0.717, 1.165) is 37.4 Å². The van der Waals surface area contributed by atoms with Gasteiger partial charge >= 0.3 is 5.97 Å². The van der Waals surface area contributed by atoms with Crippen molar-refractivity contribution in [2.24, 2.45) is 0 Å². The predicted molar refractivity (Wildman–Crippen MR) is 71.6 cm³/mol. The number of carbonyl (C=O) groups is 1. The molecule has 4 nitrogen and oxygen atoms in total. The van der Waals surface area contributed by atoms with Gasteiger partial charge in [-0.05, 0) is 25.0 Å². The molecule has 0 bridgehead atoms. The maximum absolute atomic E-state index is 11.1. The Balaban J connectivity index is 2.69. The zero-order valence-electron chi connectivity index (χ0n) is 10.3. The zero-order chi connectivity index (χ0) is 13.4. The molecule has 98 valence electrons. The van der Waals surface area contributed by atoms with Crippen LogP contribution in [0.1, 0.15) is 32.6 Å². The van der Waals surface area contributed by atoms with Crippen molar-refractivity contribution in [3.05, 3.63) is 29.3 Å². The summed E-state index contributed by atoms with van der Waals surface area (Å²) in [5, 5.41) is 19.0. The Morgan fingerprint density at radius 3 is 2.89 bits per heavy atom. The van der Waals surface area contributed by atoms with Gasteiger partial charge in [0.1, 0.15) is 10.8 Å². The predicted octanol–water partition coefficient (Wildman–Crippen LogP) is 3.43. The van der Waals surface area contributed by atoms with Crippen LogP contribution in [0.5, 0.6) is 5.75 Å². The van der Waals surface area contributed by atoms with Crippen molar-refractivity contribution in [1.82, 2.24) is 4.98 Å². The van der Waals surface area contributed by atoms with Gasteiger partial charge in [-0.3, -0.25) is 0 Å². The first-order valence-electron chi connectivity index (χ1n) is 5.90. The molecule has 0 atom stereocenters. The Morgan fingerprint density at radius 2 is 2.28 bits per heavy atom. The number of aromatic nitrogens is 1. The van der Waals surface area contributed by atoms with Gasteiger partial charge in [0.15, 0.2) is 0 Å². The summed E-state index contributed by atoms with van der Waals surface area (Å²) in [7, 11) is 0. The van der Waals surface area contributed by atoms with Crippen LogP contribution in [0.2, 0.25) is 0 Å². The van der Waals surface area contributed by atoms with Crippen molar-refractivity contribution in [3.8, 4) is 5.75 Å². The van der Waals surface area contributed by atoms with Gasteiger partial charge in [-0.25, -0.2) is 9.78 Å². The molecule has 0 radical (unpaired) electrons. The summed E-state index contributed by atoms with van der Waals surface area (Å²) in [5.74, 6) is -0.982. The molecule has 0 fully saturated rings. The summed E-state index contributed by atoms with van der Waals surface area (Å²) in [6.07, 6.45) is 7.11. The highest BCUT2D eigenvalue weighted by Gasteiger charge is 2.12. The second-order valence-corrected chi connectivity index (χ2v) is 4.83. The van der Waals surface area contributed by atoms with Crippen LogP contribution in [0, 0.1) is 0 Å². The fourth-order valence-electron chi connectivity index (χ4n) is 1.37. The molecule has 0 amide bonds. The van der Waals surface area contributed by atoms with E-state index in [1.807, 2.05) is 0 Å². The molecule has 0 spiro atoms. The van der Waals surface area contributed by atoms with Crippen molar-refractivity contribution in [2.75, 3.05) is 0 Å². The molecule has 0 saturated heterocycles. The maximum Gasteiger partial charge on any atom is 0.342 e. The smallest absolute Gasteiger partial charge is 0.342 e. The number of allylic oxidation sites excluding steroid dienone is 1. The fraction of sp³-hybridized carbons (Fsp3) is 0.385. The first-order valence-corrected chi connectivity index (χ1v) is 6.72. The van der Waals surface area contributed by atoms with Gasteiger partial charge in [0.05, 0.1) is 4.91 Å². The van der Waals surface area contributed by atoms with Crippen LogP contribution in [0.4, 0.5) is 0 Å². The van der Waals surface area contributed by atoms with Gasteiger partial charge < -0.3 is 10.2 Å². The lowest BCUT2D eigenvalue weighted by Gasteiger charge is -2.03. The lowest BCUT2D eigenvalue weighted by atomic mass is 10.2. The number of hydrogen-bond donors (Lipinski definition) is 2. The number of hydrogen-bond acceptors (Lipinski definition) is 4. The molecular weight excluding hydrogens is 250 g/mol. The normalized spacial score (nSPS) is 11.5. The first-order chi connectivity index (χ1) is 8.65. The van der Waals surface area contributed by atoms with E-state index >= 15 is 0 Å². The van der Waals surface area contributed by atoms with Gasteiger partial charge in [-0.1, -0.05) is 37.6 Å². The van der Waals surface area contributed by atoms with Crippen molar-refractivity contribution >= 4 is 17.7 Å². The number of pyridine rings is 1. The molecule has 2 N–H and O–H groups in total. The minimum absolute atomic E-state index is 0.00297. The third-order valence-corrected chi connectivity index (χ3v) is 3.37. The number of carboxylic acid groups (broad SMARTS) is 1. The van der Waals surface area contributed by atoms with E-state index in [4.69, 9.17) is 5.11 Å². The topological polar surface area (TPSA) is 70.4 Å². The van der Waals surface area contributed by atoms with Crippen LogP contribution in [-0.4, -0.2) is 21.2 Å². The van der Waals surface area contributed by atoms with Crippen LogP contribution in [0.15, 0.2) is 34.3 Å². The van der Waals surface area contributed by atoms with Crippen LogP contribution in [0.3, 0.4) is 0 Å². The van der Waals surface area contributed by atoms with E-state index in [1.165, 1.54) is 12.3 Å². The number of rotatable bonds is 7. The second-order valence-electron chi connectivity index (χ2n) is 3.80. The summed E-state index contributed by atoms with van der Waals surface area (Å²) < 4.78 is 0. The van der Waals surface area contributed by atoms with Crippen molar-refractivity contribution in [1.29, 1.82) is 0 Å². The Labute approximate surface area is 111 Å². The second kappa shape index (κ2) is 7.76. The summed E-state index contributed by atoms with van der Waals surface area (Å²) in [6.45, 7) is 2.10. The van der Waals surface area contributed by atoms with Crippen LogP contribution in [0.25, 0.3) is 0 Å². The Hall–Kier alpha value is -1.49. The van der Waals surface area contributed by atoms with Crippen LogP contribution < -0.4 is 0 Å². The highest BCUT2D eigenvalue weighted by Crippen LogP contribution is 2.31. The Kier molecular flexibility index (Phi) is 6.28. The maximum atomic E-state index is 11.1. The molecule has 1 aromatic rings. The number of carboxylic acids is 1. The van der Waals surface area contributed by atoms with E-state index in [1.54, 1.807) is 12.1 Å². The molecule has 0 aliphatic carbocycles. The number of unbranched alkanes of at least 4 members (excludes halogenated alkanes) is 3. The molecule has 0 saturated carbocycles. The van der Waals surface area contributed by atoms with E-state index in [-0.39, 0.29) is 10.7 Å². The SMILES string of the molecule is CCCCCC=C(Sc1ncccc1O)C(=O)O. The molecule has 0 aliphatic rings. The Bertz CT molecular complexity index is 432. The average Bonchev–Trinajstić information content (AvgIpc) is 2.35. The van der Waals surface area contributed by atoms with Crippen molar-refractivity contribution < 1.29 is 15.0 Å². The zero-order valence-corrected chi connectivity index (χ0v) is 11.1. The molecule has 1 heterocycles. The monoisotopic (exact) mass is 267 g/mol. The number of nitrogens with zero attached hydrogens (tertiary/aromatic N) is 1. The van der Waals surface area contributed by atoms with Gasteiger partial charge in [0.2, 0.25) is 0 Å². The lowest BCUT2D eigenvalue weighted by molar-refractivity contribution is -0.131. The minimum atomic E-state index is -0.985. The first kappa shape index (κ1) is 14.6. The van der Waals surface area contributed by atoms with Crippen molar-refractivity contribution in [3.63, 3.8) is 0 Å². The molecule has 0 unspecified atom stereocenters. The summed E-state index contributed by atoms with van der Waals surface area (Å²) in [4.78, 5) is 15.2. The lowest BCUT2D eigenvalue weighted by Crippen LogP contribution is -1.97. The van der Waals surface area contributed by atoms with Gasteiger partial charge in [0.25, 0.3) is 0 Å². The molecule has 18 heavy (non-hydrogen) atoms. The van der Waals surface area contributed by atoms with E-state index in [9.17, 15) is 9.90 Å². The molecule has 0 aromatic carbocycles. The fourth-order valence-corrected chi connectivity index (χ4v) is 2.15. The van der Waals surface area contributed by atoms with Crippen LogP contribution in [-0.2, 0) is 4.79 Å². The van der Waals surface area contributed by atoms with Crippen LogP contribution >= 0.6 is 11.8 Å². The van der Waals surface area contributed by atoms with Gasteiger partial charge in [-0.15, -0.1) is 0 Å². The van der Waals surface area contributed by atoms with E-state index in [2.05, 4.69) is 11.9 Å². The average molecular weight is 267 g/mol. The summed E-state index contributed by atoms with van der Waals surface area (Å²) >= 11 is 0.982. The van der Waals surface area contributed by atoms with Gasteiger partial charge in [-0.2, -0.15) is 0 Å². The molecule has 0 aliphatic heterocycles. The van der Waals surface area contributed by atoms with Crippen molar-refractivity contribution in [2.45, 2.75) is 37.6 Å². The minimum Gasteiger partial charge on any atom is -0.505 e. The summed E-state index contributed by atoms with van der Waals surface area (Å²) in [5.41, 5.74) is 0. The highest BCUT2D eigenvalue weighted by molar-refractivity contribution is 8.04. The standard InChI is InChI=1S/C13H17NO3S/c1-2-3-4-5-8-11(13(16)17)18-12-10(15)7-6-9-14-12/h6-9,15H,2-5H2,1H3,(H,16,17). The molecule has 1 aromatic heterocycles. The van der Waals surface area contributed by atoms with E-state index < -0.39 is 5.97 Å².